The van der Waals surface area contributed by atoms with Gasteiger partial charge in [-0.05, 0) is 67.4 Å². The van der Waals surface area contributed by atoms with Crippen molar-refractivity contribution in [3.8, 4) is 11.5 Å². The van der Waals surface area contributed by atoms with E-state index in [0.29, 0.717) is 15.6 Å². The van der Waals surface area contributed by atoms with Crippen LogP contribution in [0.3, 0.4) is 0 Å². The summed E-state index contributed by atoms with van der Waals surface area (Å²) in [5.74, 6) is 1.23. The summed E-state index contributed by atoms with van der Waals surface area (Å²) in [6.45, 7) is 3.69. The van der Waals surface area contributed by atoms with E-state index in [4.69, 9.17) is 92.7 Å². The third kappa shape index (κ3) is 11.0. The van der Waals surface area contributed by atoms with Crippen molar-refractivity contribution in [3.63, 3.8) is 0 Å². The van der Waals surface area contributed by atoms with Crippen LogP contribution in [0.1, 0.15) is 36.5 Å². The van der Waals surface area contributed by atoms with Crippen molar-refractivity contribution >= 4 is 83.2 Å². The van der Waals surface area contributed by atoms with E-state index in [0.717, 1.165) is 28.2 Å². The molecule has 0 saturated carbocycles. The number of ether oxygens (including phenoxy) is 2. The van der Waals surface area contributed by atoms with Crippen molar-refractivity contribution in [1.29, 1.82) is 0 Å². The second kappa shape index (κ2) is 17.1. The summed E-state index contributed by atoms with van der Waals surface area (Å²) in [6.07, 6.45) is 0. The lowest BCUT2D eigenvalue weighted by Crippen LogP contribution is -2.18. The number of phosphoric acid groups is 1. The molecule has 0 aromatic heterocycles. The molecule has 0 spiro atoms. The Labute approximate surface area is 270 Å². The van der Waals surface area contributed by atoms with Crippen LogP contribution in [0.2, 0.25) is 10.0 Å². The van der Waals surface area contributed by atoms with Gasteiger partial charge in [0, 0.05) is 16.1 Å². The monoisotopic (exact) mass is 702 g/mol. The molecule has 3 aromatic rings. The zero-order valence-electron chi connectivity index (χ0n) is 22.6. The van der Waals surface area contributed by atoms with Gasteiger partial charge in [0.15, 0.2) is 5.76 Å². The van der Waals surface area contributed by atoms with Crippen LogP contribution in [-0.4, -0.2) is 31.2 Å². The Morgan fingerprint density at radius 3 is 1.63 bits per heavy atom. The largest absolute Gasteiger partial charge is 0.530 e. The van der Waals surface area contributed by atoms with Crippen LogP contribution < -0.4 is 9.47 Å². The molecule has 6 nitrogen and oxygen atoms in total. The smallest absolute Gasteiger partial charge is 0.497 e. The number of halogens is 6. The van der Waals surface area contributed by atoms with Gasteiger partial charge in [-0.3, -0.25) is 9.05 Å². The summed E-state index contributed by atoms with van der Waals surface area (Å²) >= 11 is 36.1. The Balaban J connectivity index is 0.000000287. The minimum atomic E-state index is -3.73. The molecule has 0 atom stereocenters. The minimum Gasteiger partial charge on any atom is -0.497 e. The molecule has 0 aliphatic heterocycles. The average Bonchev–Trinajstić information content (AvgIpc) is 2.93. The second-order valence-electron chi connectivity index (χ2n) is 7.99. The Morgan fingerprint density at radius 1 is 0.829 bits per heavy atom. The van der Waals surface area contributed by atoms with E-state index in [9.17, 15) is 4.57 Å². The highest BCUT2D eigenvalue weighted by atomic mass is 35.6. The predicted molar refractivity (Wildman–Crippen MR) is 170 cm³/mol. The van der Waals surface area contributed by atoms with Gasteiger partial charge in [-0.1, -0.05) is 93.9 Å². The van der Waals surface area contributed by atoms with Gasteiger partial charge >= 0.3 is 7.82 Å². The maximum atomic E-state index is 12.3. The van der Waals surface area contributed by atoms with Crippen molar-refractivity contribution in [2.45, 2.75) is 23.6 Å². The van der Waals surface area contributed by atoms with E-state index in [1.54, 1.807) is 40.2 Å². The van der Waals surface area contributed by atoms with Gasteiger partial charge < -0.3 is 14.0 Å². The van der Waals surface area contributed by atoms with Crippen LogP contribution in [0.15, 0.2) is 72.3 Å². The number of phosphoric ester groups is 1. The molecule has 0 saturated heterocycles. The zero-order chi connectivity index (χ0) is 30.6. The van der Waals surface area contributed by atoms with Gasteiger partial charge in [-0.2, -0.15) is 0 Å². The minimum absolute atomic E-state index is 0.0820. The average molecular weight is 705 g/mol. The molecule has 41 heavy (non-hydrogen) atoms. The third-order valence-corrected chi connectivity index (χ3v) is 8.28. The summed E-state index contributed by atoms with van der Waals surface area (Å²) in [5, 5.41) is 0.773. The molecular formula is C28H29Cl6O6P. The Hall–Kier alpha value is -1.31. The number of methoxy groups -OCH3 is 2. The molecular weight excluding hydrogens is 676 g/mol. The lowest BCUT2D eigenvalue weighted by atomic mass is 9.92. The Morgan fingerprint density at radius 2 is 1.29 bits per heavy atom. The Kier molecular flexibility index (Phi) is 15.0. The quantitative estimate of drug-likeness (QED) is 0.112. The van der Waals surface area contributed by atoms with Gasteiger partial charge in [0.2, 0.25) is 3.79 Å². The normalized spacial score (nSPS) is 12.0. The van der Waals surface area contributed by atoms with E-state index >= 15 is 0 Å². The molecule has 0 N–H and O–H groups in total. The lowest BCUT2D eigenvalue weighted by Gasteiger charge is -2.25. The molecule has 13 heteroatoms. The van der Waals surface area contributed by atoms with Crippen LogP contribution in [-0.2, 0) is 18.1 Å². The molecule has 0 unspecified atom stereocenters. The van der Waals surface area contributed by atoms with Crippen molar-refractivity contribution in [2.24, 2.45) is 0 Å². The highest BCUT2D eigenvalue weighted by Crippen LogP contribution is 2.53. The third-order valence-electron chi connectivity index (χ3n) is 5.31. The molecule has 224 valence electrons. The first-order valence-electron chi connectivity index (χ1n) is 12.1. The number of hydrogen-bond acceptors (Lipinski definition) is 6. The SMILES string of the molecule is CCOP(=O)(OCC)O/C(=C\Cl)c1ccc(Cl)cc1Cl.COc1ccc(C(c2ccc(OC)cc2)C(Cl)(Cl)Cl)cc1. The fourth-order valence-corrected chi connectivity index (χ4v) is 6.19. The van der Waals surface area contributed by atoms with Gasteiger partial charge in [0.25, 0.3) is 0 Å². The van der Waals surface area contributed by atoms with E-state index in [1.807, 2.05) is 48.5 Å². The fraction of sp³-hybridized carbons (Fsp3) is 0.286. The first-order chi connectivity index (χ1) is 19.4. The molecule has 0 fully saturated rings. The molecule has 0 amide bonds. The van der Waals surface area contributed by atoms with E-state index < -0.39 is 11.6 Å². The lowest BCUT2D eigenvalue weighted by molar-refractivity contribution is 0.159. The molecule has 3 aromatic carbocycles. The van der Waals surface area contributed by atoms with Gasteiger partial charge in [-0.25, -0.2) is 4.57 Å². The summed E-state index contributed by atoms with van der Waals surface area (Å²) < 4.78 is 36.5. The molecule has 0 aliphatic rings. The highest BCUT2D eigenvalue weighted by Gasteiger charge is 2.35. The maximum Gasteiger partial charge on any atom is 0.530 e. The Bertz CT molecular complexity index is 1260. The first-order valence-corrected chi connectivity index (χ1v) is 15.9. The van der Waals surface area contributed by atoms with Crippen LogP contribution in [0.5, 0.6) is 11.5 Å². The van der Waals surface area contributed by atoms with Crippen molar-refractivity contribution < 1.29 is 27.6 Å². The fourth-order valence-electron chi connectivity index (χ4n) is 3.51. The number of rotatable bonds is 11. The van der Waals surface area contributed by atoms with Crippen LogP contribution >= 0.6 is 77.4 Å². The van der Waals surface area contributed by atoms with Gasteiger partial charge in [0.1, 0.15) is 11.5 Å². The highest BCUT2D eigenvalue weighted by molar-refractivity contribution is 7.48. The standard InChI is InChI=1S/C16H15Cl3O2.C12H14Cl3O4P/c1-20-13-7-3-11(4-8-13)15(16(17,18)19)12-5-9-14(21-2)10-6-12;1-3-17-20(16,18-4-2)19-12(8-13)10-6-5-9(14)7-11(10)15/h3-10,15H,1-2H3;5-8H,3-4H2,1-2H3/b;12-8-. The maximum absolute atomic E-state index is 12.3. The second-order valence-corrected chi connectivity index (χ2v) is 13.0. The summed E-state index contributed by atoms with van der Waals surface area (Å²) in [6, 6.07) is 19.7. The summed E-state index contributed by atoms with van der Waals surface area (Å²) in [5.41, 5.74) is 3.35. The molecule has 0 radical (unpaired) electrons. The van der Waals surface area contributed by atoms with Crippen LogP contribution in [0.25, 0.3) is 5.76 Å². The van der Waals surface area contributed by atoms with Gasteiger partial charge in [0.05, 0.1) is 38.4 Å². The number of hydrogen-bond donors (Lipinski definition) is 0. The number of alkyl halides is 3. The van der Waals surface area contributed by atoms with Crippen molar-refractivity contribution in [2.75, 3.05) is 27.4 Å². The van der Waals surface area contributed by atoms with E-state index in [-0.39, 0.29) is 24.9 Å². The van der Waals surface area contributed by atoms with Crippen LogP contribution in [0.4, 0.5) is 0 Å². The van der Waals surface area contributed by atoms with Gasteiger partial charge in [-0.15, -0.1) is 0 Å². The topological polar surface area (TPSA) is 63.2 Å². The summed E-state index contributed by atoms with van der Waals surface area (Å²) in [7, 11) is -0.502. The van der Waals surface area contributed by atoms with Crippen molar-refractivity contribution in [1.82, 2.24) is 0 Å². The van der Waals surface area contributed by atoms with E-state index in [1.165, 1.54) is 6.07 Å². The molecule has 0 aliphatic carbocycles. The molecule has 3 rings (SSSR count). The van der Waals surface area contributed by atoms with Crippen LogP contribution in [0, 0.1) is 0 Å². The molecule has 0 heterocycles. The van der Waals surface area contributed by atoms with E-state index in [2.05, 4.69) is 0 Å². The van der Waals surface area contributed by atoms with Crippen molar-refractivity contribution in [3.05, 3.63) is 99.0 Å². The molecule has 0 bridgehead atoms. The first kappa shape index (κ1) is 35.9. The summed E-state index contributed by atoms with van der Waals surface area (Å²) in [4.78, 5) is 0. The zero-order valence-corrected chi connectivity index (χ0v) is 28.0. The number of benzene rings is 3. The predicted octanol–water partition coefficient (Wildman–Crippen LogP) is 10.9.